The Morgan fingerprint density at radius 2 is 2.19 bits per heavy atom. The van der Waals surface area contributed by atoms with E-state index >= 15 is 0 Å². The second-order valence-corrected chi connectivity index (χ2v) is 5.34. The van der Waals surface area contributed by atoms with E-state index in [1.807, 2.05) is 25.1 Å². The number of esters is 1. The monoisotopic (exact) mass is 349 g/mol. The van der Waals surface area contributed by atoms with Gasteiger partial charge in [0.05, 0.1) is 29.7 Å². The summed E-state index contributed by atoms with van der Waals surface area (Å²) in [6.07, 6.45) is 1.44. The van der Waals surface area contributed by atoms with Crippen LogP contribution in [0.15, 0.2) is 34.9 Å². The average molecular weight is 350 g/mol. The molecule has 0 bridgehead atoms. The zero-order chi connectivity index (χ0) is 15.4. The summed E-state index contributed by atoms with van der Waals surface area (Å²) in [6, 6.07) is 7.49. The van der Waals surface area contributed by atoms with Gasteiger partial charge < -0.3 is 15.8 Å². The lowest BCUT2D eigenvalue weighted by molar-refractivity contribution is 0.0527. The van der Waals surface area contributed by atoms with Crippen molar-refractivity contribution >= 4 is 39.1 Å². The van der Waals surface area contributed by atoms with Gasteiger partial charge in [0, 0.05) is 4.47 Å². The maximum absolute atomic E-state index is 11.8. The number of aryl methyl sites for hydroxylation is 1. The molecule has 2 aromatic rings. The standard InChI is InChI=1S/C15H16BrN3O2/c1-3-21-15(20)10-7-14(18-8-12(10)17)19-13-5-4-9(2)6-11(13)16/h4-8H,3,17H2,1-2H3,(H,18,19). The zero-order valence-electron chi connectivity index (χ0n) is 11.8. The van der Waals surface area contributed by atoms with Crippen LogP contribution in [-0.2, 0) is 4.74 Å². The Balaban J connectivity index is 2.28. The summed E-state index contributed by atoms with van der Waals surface area (Å²) in [5.41, 5.74) is 8.36. The molecular formula is C15H16BrN3O2. The highest BCUT2D eigenvalue weighted by molar-refractivity contribution is 9.10. The maximum Gasteiger partial charge on any atom is 0.340 e. The highest BCUT2D eigenvalue weighted by Gasteiger charge is 2.13. The summed E-state index contributed by atoms with van der Waals surface area (Å²) in [5, 5.41) is 3.14. The molecule has 6 heteroatoms. The molecule has 0 aliphatic rings. The third kappa shape index (κ3) is 3.72. The normalized spacial score (nSPS) is 10.2. The van der Waals surface area contributed by atoms with E-state index in [1.54, 1.807) is 13.0 Å². The molecule has 5 nitrogen and oxygen atoms in total. The summed E-state index contributed by atoms with van der Waals surface area (Å²) in [4.78, 5) is 16.0. The number of rotatable bonds is 4. The number of benzene rings is 1. The van der Waals surface area contributed by atoms with Crippen LogP contribution >= 0.6 is 15.9 Å². The van der Waals surface area contributed by atoms with Gasteiger partial charge in [-0.1, -0.05) is 6.07 Å². The molecule has 0 radical (unpaired) electrons. The van der Waals surface area contributed by atoms with Crippen LogP contribution in [0.1, 0.15) is 22.8 Å². The van der Waals surface area contributed by atoms with Crippen molar-refractivity contribution in [2.75, 3.05) is 17.7 Å². The molecule has 3 N–H and O–H groups in total. The van der Waals surface area contributed by atoms with Gasteiger partial charge >= 0.3 is 5.97 Å². The van der Waals surface area contributed by atoms with E-state index in [4.69, 9.17) is 10.5 Å². The Labute approximate surface area is 131 Å². The number of hydrogen-bond acceptors (Lipinski definition) is 5. The minimum Gasteiger partial charge on any atom is -0.462 e. The molecule has 0 saturated carbocycles. The molecule has 0 atom stereocenters. The summed E-state index contributed by atoms with van der Waals surface area (Å²) in [5.74, 6) is 0.0697. The smallest absolute Gasteiger partial charge is 0.340 e. The second-order valence-electron chi connectivity index (χ2n) is 4.49. The van der Waals surface area contributed by atoms with E-state index in [2.05, 4.69) is 26.2 Å². The molecule has 0 amide bonds. The number of nitrogens with zero attached hydrogens (tertiary/aromatic N) is 1. The number of nitrogen functional groups attached to an aromatic ring is 1. The summed E-state index contributed by atoms with van der Waals surface area (Å²) >= 11 is 3.48. The van der Waals surface area contributed by atoms with Crippen LogP contribution in [0.4, 0.5) is 17.2 Å². The van der Waals surface area contributed by atoms with Crippen molar-refractivity contribution in [2.45, 2.75) is 13.8 Å². The number of carbonyl (C=O) groups is 1. The van der Waals surface area contributed by atoms with Crippen LogP contribution in [0.5, 0.6) is 0 Å². The number of carbonyl (C=O) groups excluding carboxylic acids is 1. The van der Waals surface area contributed by atoms with Gasteiger partial charge in [-0.2, -0.15) is 0 Å². The first-order valence-electron chi connectivity index (χ1n) is 6.47. The highest BCUT2D eigenvalue weighted by Crippen LogP contribution is 2.27. The SMILES string of the molecule is CCOC(=O)c1cc(Nc2ccc(C)cc2Br)ncc1N. The van der Waals surface area contributed by atoms with Crippen molar-refractivity contribution in [1.82, 2.24) is 4.98 Å². The summed E-state index contributed by atoms with van der Waals surface area (Å²) < 4.78 is 5.89. The Hall–Kier alpha value is -2.08. The van der Waals surface area contributed by atoms with Crippen LogP contribution in [0.25, 0.3) is 0 Å². The first-order chi connectivity index (χ1) is 10.0. The Kier molecular flexibility index (Phi) is 4.80. The Bertz CT molecular complexity index is 674. The fourth-order valence-corrected chi connectivity index (χ4v) is 2.37. The topological polar surface area (TPSA) is 77.2 Å². The van der Waals surface area contributed by atoms with Gasteiger partial charge in [-0.25, -0.2) is 9.78 Å². The molecule has 1 aromatic heterocycles. The van der Waals surface area contributed by atoms with E-state index < -0.39 is 5.97 Å². The number of anilines is 3. The van der Waals surface area contributed by atoms with E-state index in [0.717, 1.165) is 15.7 Å². The fourth-order valence-electron chi connectivity index (χ4n) is 1.78. The van der Waals surface area contributed by atoms with Crippen LogP contribution in [0, 0.1) is 6.92 Å². The van der Waals surface area contributed by atoms with Crippen LogP contribution in [0.2, 0.25) is 0 Å². The van der Waals surface area contributed by atoms with Crippen LogP contribution in [0.3, 0.4) is 0 Å². The lowest BCUT2D eigenvalue weighted by Gasteiger charge is -2.11. The first-order valence-corrected chi connectivity index (χ1v) is 7.26. The van der Waals surface area contributed by atoms with E-state index in [0.29, 0.717) is 23.7 Å². The van der Waals surface area contributed by atoms with E-state index in [1.165, 1.54) is 6.20 Å². The number of halogens is 1. The predicted octanol–water partition coefficient (Wildman–Crippen LogP) is 3.66. The van der Waals surface area contributed by atoms with Gasteiger partial charge in [0.15, 0.2) is 0 Å². The number of nitrogens with two attached hydrogens (primary N) is 1. The number of ether oxygens (including phenoxy) is 1. The molecule has 1 heterocycles. The van der Waals surface area contributed by atoms with Crippen molar-refractivity contribution in [3.63, 3.8) is 0 Å². The Morgan fingerprint density at radius 3 is 2.86 bits per heavy atom. The minimum atomic E-state index is -0.455. The zero-order valence-corrected chi connectivity index (χ0v) is 13.4. The van der Waals surface area contributed by atoms with Crippen molar-refractivity contribution < 1.29 is 9.53 Å². The van der Waals surface area contributed by atoms with Crippen molar-refractivity contribution in [1.29, 1.82) is 0 Å². The third-order valence-corrected chi connectivity index (χ3v) is 3.47. The van der Waals surface area contributed by atoms with Crippen LogP contribution in [-0.4, -0.2) is 17.6 Å². The van der Waals surface area contributed by atoms with Gasteiger partial charge in [-0.05, 0) is 53.5 Å². The fraction of sp³-hybridized carbons (Fsp3) is 0.200. The van der Waals surface area contributed by atoms with Crippen LogP contribution < -0.4 is 11.1 Å². The van der Waals surface area contributed by atoms with Gasteiger partial charge in [0.1, 0.15) is 5.82 Å². The average Bonchev–Trinajstić information content (AvgIpc) is 2.44. The molecule has 110 valence electrons. The van der Waals surface area contributed by atoms with Crippen molar-refractivity contribution in [3.05, 3.63) is 46.1 Å². The number of pyridine rings is 1. The first kappa shape index (κ1) is 15.3. The number of aromatic nitrogens is 1. The highest BCUT2D eigenvalue weighted by atomic mass is 79.9. The molecule has 2 rings (SSSR count). The lowest BCUT2D eigenvalue weighted by atomic mass is 10.2. The second kappa shape index (κ2) is 6.58. The van der Waals surface area contributed by atoms with Crippen molar-refractivity contribution in [3.8, 4) is 0 Å². The Morgan fingerprint density at radius 1 is 1.43 bits per heavy atom. The number of hydrogen-bond donors (Lipinski definition) is 2. The van der Waals surface area contributed by atoms with Gasteiger partial charge in [-0.3, -0.25) is 0 Å². The molecule has 0 aliphatic carbocycles. The quantitative estimate of drug-likeness (QED) is 0.823. The third-order valence-electron chi connectivity index (χ3n) is 2.82. The van der Waals surface area contributed by atoms with Crippen molar-refractivity contribution in [2.24, 2.45) is 0 Å². The van der Waals surface area contributed by atoms with E-state index in [-0.39, 0.29) is 0 Å². The summed E-state index contributed by atoms with van der Waals surface area (Å²) in [6.45, 7) is 4.06. The minimum absolute atomic E-state index is 0.293. The summed E-state index contributed by atoms with van der Waals surface area (Å²) in [7, 11) is 0. The molecular weight excluding hydrogens is 334 g/mol. The number of nitrogens with one attached hydrogen (secondary N) is 1. The van der Waals surface area contributed by atoms with Gasteiger partial charge in [0.25, 0.3) is 0 Å². The van der Waals surface area contributed by atoms with Gasteiger partial charge in [-0.15, -0.1) is 0 Å². The molecule has 0 spiro atoms. The molecule has 1 aromatic carbocycles. The molecule has 21 heavy (non-hydrogen) atoms. The van der Waals surface area contributed by atoms with Gasteiger partial charge in [0.2, 0.25) is 0 Å². The predicted molar refractivity (Wildman–Crippen MR) is 86.8 cm³/mol. The molecule has 0 aliphatic heterocycles. The largest absolute Gasteiger partial charge is 0.462 e. The maximum atomic E-state index is 11.8. The molecule has 0 saturated heterocycles. The molecule has 0 fully saturated rings. The molecule has 0 unspecified atom stereocenters. The van der Waals surface area contributed by atoms with E-state index in [9.17, 15) is 4.79 Å². The lowest BCUT2D eigenvalue weighted by Crippen LogP contribution is -2.09.